The van der Waals surface area contributed by atoms with Crippen LogP contribution in [0.25, 0.3) is 0 Å². The van der Waals surface area contributed by atoms with E-state index in [1.54, 1.807) is 0 Å². The van der Waals surface area contributed by atoms with E-state index in [2.05, 4.69) is 0 Å². The number of hydrogen-bond acceptors (Lipinski definition) is 2. The third-order valence-corrected chi connectivity index (χ3v) is 3.22. The Bertz CT molecular complexity index is 176. The summed E-state index contributed by atoms with van der Waals surface area (Å²) in [5, 5.41) is 0. The van der Waals surface area contributed by atoms with Crippen molar-refractivity contribution in [3.63, 3.8) is 0 Å². The van der Waals surface area contributed by atoms with Crippen molar-refractivity contribution in [2.24, 2.45) is 17.8 Å². The molecule has 0 spiro atoms. The third kappa shape index (κ3) is 1.23. The Morgan fingerprint density at radius 1 is 1.33 bits per heavy atom. The lowest BCUT2D eigenvalue weighted by Gasteiger charge is -2.04. The van der Waals surface area contributed by atoms with Crippen molar-refractivity contribution in [1.29, 1.82) is 0 Å². The molecule has 0 aliphatic heterocycles. The van der Waals surface area contributed by atoms with Gasteiger partial charge in [0.15, 0.2) is 0 Å². The van der Waals surface area contributed by atoms with E-state index in [0.717, 1.165) is 0 Å². The van der Waals surface area contributed by atoms with Crippen molar-refractivity contribution in [1.82, 2.24) is 0 Å². The average molecular weight is 168 g/mol. The molecule has 2 saturated carbocycles. The molecule has 0 unspecified atom stereocenters. The SMILES string of the molecule is CCOC(=O)C1[C@@H]2CCCC[C@@H]12. The zero-order valence-electron chi connectivity index (χ0n) is 7.58. The van der Waals surface area contributed by atoms with Gasteiger partial charge in [-0.3, -0.25) is 4.79 Å². The first-order valence-corrected chi connectivity index (χ1v) is 5.01. The molecule has 0 radical (unpaired) electrons. The molecule has 0 amide bonds. The molecule has 2 rings (SSSR count). The van der Waals surface area contributed by atoms with Crippen molar-refractivity contribution in [2.45, 2.75) is 32.6 Å². The first-order valence-electron chi connectivity index (χ1n) is 5.01. The molecule has 2 nitrogen and oxygen atoms in total. The highest BCUT2D eigenvalue weighted by molar-refractivity contribution is 5.76. The molecule has 0 aromatic rings. The number of carbonyl (C=O) groups excluding carboxylic acids is 1. The Balaban J connectivity index is 1.87. The van der Waals surface area contributed by atoms with Gasteiger partial charge in [-0.25, -0.2) is 0 Å². The number of esters is 1. The first kappa shape index (κ1) is 8.09. The lowest BCUT2D eigenvalue weighted by atomic mass is 10.0. The van der Waals surface area contributed by atoms with Crippen LogP contribution in [0.15, 0.2) is 0 Å². The second-order valence-corrected chi connectivity index (χ2v) is 3.89. The molecule has 0 saturated heterocycles. The summed E-state index contributed by atoms with van der Waals surface area (Å²) in [7, 11) is 0. The van der Waals surface area contributed by atoms with Gasteiger partial charge in [0.05, 0.1) is 12.5 Å². The van der Waals surface area contributed by atoms with Crippen LogP contribution in [-0.2, 0) is 9.53 Å². The van der Waals surface area contributed by atoms with Crippen LogP contribution in [0, 0.1) is 17.8 Å². The number of ether oxygens (including phenoxy) is 1. The predicted molar refractivity (Wildman–Crippen MR) is 45.6 cm³/mol. The van der Waals surface area contributed by atoms with Crippen LogP contribution >= 0.6 is 0 Å². The Hall–Kier alpha value is -0.530. The fraction of sp³-hybridized carbons (Fsp3) is 0.900. The van der Waals surface area contributed by atoms with Gasteiger partial charge in [0, 0.05) is 0 Å². The van der Waals surface area contributed by atoms with Crippen LogP contribution in [0.5, 0.6) is 0 Å². The van der Waals surface area contributed by atoms with Gasteiger partial charge in [0.25, 0.3) is 0 Å². The van der Waals surface area contributed by atoms with Gasteiger partial charge in [-0.1, -0.05) is 12.8 Å². The molecule has 0 N–H and O–H groups in total. The van der Waals surface area contributed by atoms with Gasteiger partial charge in [-0.05, 0) is 31.6 Å². The maximum absolute atomic E-state index is 11.3. The normalized spacial score (nSPS) is 38.6. The monoisotopic (exact) mass is 168 g/mol. The summed E-state index contributed by atoms with van der Waals surface area (Å²) < 4.78 is 5.02. The molecule has 2 heteroatoms. The summed E-state index contributed by atoms with van der Waals surface area (Å²) in [6, 6.07) is 0. The molecule has 2 fully saturated rings. The van der Waals surface area contributed by atoms with Crippen LogP contribution in [-0.4, -0.2) is 12.6 Å². The zero-order chi connectivity index (χ0) is 8.55. The standard InChI is InChI=1S/C10H16O2/c1-2-12-10(11)9-7-5-3-4-6-8(7)9/h7-9H,2-6H2,1H3/t7-,8-/m1/s1. The second kappa shape index (κ2) is 3.08. The highest BCUT2D eigenvalue weighted by Crippen LogP contribution is 2.55. The molecule has 0 aromatic heterocycles. The maximum Gasteiger partial charge on any atom is 0.309 e. The molecule has 0 bridgehead atoms. The van der Waals surface area contributed by atoms with E-state index in [4.69, 9.17) is 4.74 Å². The van der Waals surface area contributed by atoms with Crippen LogP contribution < -0.4 is 0 Å². The fourth-order valence-electron chi connectivity index (χ4n) is 2.58. The molecule has 2 aliphatic carbocycles. The van der Waals surface area contributed by atoms with Crippen LogP contribution in [0.4, 0.5) is 0 Å². The Morgan fingerprint density at radius 2 is 1.92 bits per heavy atom. The maximum atomic E-state index is 11.3. The Kier molecular flexibility index (Phi) is 2.07. The summed E-state index contributed by atoms with van der Waals surface area (Å²) in [5.41, 5.74) is 0. The van der Waals surface area contributed by atoms with E-state index in [0.29, 0.717) is 18.4 Å². The van der Waals surface area contributed by atoms with Crippen molar-refractivity contribution < 1.29 is 9.53 Å². The first-order chi connectivity index (χ1) is 5.84. The van der Waals surface area contributed by atoms with Gasteiger partial charge >= 0.3 is 5.97 Å². The summed E-state index contributed by atoms with van der Waals surface area (Å²) in [4.78, 5) is 11.3. The Morgan fingerprint density at radius 3 is 2.42 bits per heavy atom. The number of rotatable bonds is 2. The van der Waals surface area contributed by atoms with E-state index in [9.17, 15) is 4.79 Å². The Labute approximate surface area is 73.3 Å². The highest BCUT2D eigenvalue weighted by Gasteiger charge is 2.55. The van der Waals surface area contributed by atoms with Crippen LogP contribution in [0.2, 0.25) is 0 Å². The minimum Gasteiger partial charge on any atom is -0.466 e. The quantitative estimate of drug-likeness (QED) is 0.589. The van der Waals surface area contributed by atoms with Crippen molar-refractivity contribution in [3.8, 4) is 0 Å². The third-order valence-electron chi connectivity index (χ3n) is 3.22. The van der Waals surface area contributed by atoms with Gasteiger partial charge < -0.3 is 4.74 Å². The van der Waals surface area contributed by atoms with E-state index >= 15 is 0 Å². The van der Waals surface area contributed by atoms with E-state index < -0.39 is 0 Å². The van der Waals surface area contributed by atoms with Gasteiger partial charge in [0.2, 0.25) is 0 Å². The summed E-state index contributed by atoms with van der Waals surface area (Å²) in [6.45, 7) is 2.42. The molecule has 2 atom stereocenters. The summed E-state index contributed by atoms with van der Waals surface area (Å²) in [6.07, 6.45) is 5.15. The van der Waals surface area contributed by atoms with Gasteiger partial charge in [-0.15, -0.1) is 0 Å². The minimum absolute atomic E-state index is 0.0643. The van der Waals surface area contributed by atoms with Crippen molar-refractivity contribution >= 4 is 5.97 Å². The zero-order valence-corrected chi connectivity index (χ0v) is 7.58. The lowest BCUT2D eigenvalue weighted by molar-refractivity contribution is -0.145. The fourth-order valence-corrected chi connectivity index (χ4v) is 2.58. The largest absolute Gasteiger partial charge is 0.466 e. The molecule has 0 heterocycles. The van der Waals surface area contributed by atoms with Gasteiger partial charge in [-0.2, -0.15) is 0 Å². The van der Waals surface area contributed by atoms with Gasteiger partial charge in [0.1, 0.15) is 0 Å². The van der Waals surface area contributed by atoms with Crippen LogP contribution in [0.3, 0.4) is 0 Å². The number of fused-ring (bicyclic) bond motifs is 1. The topological polar surface area (TPSA) is 26.3 Å². The predicted octanol–water partition coefficient (Wildman–Crippen LogP) is 1.99. The molecule has 12 heavy (non-hydrogen) atoms. The summed E-state index contributed by atoms with van der Waals surface area (Å²) >= 11 is 0. The van der Waals surface area contributed by atoms with Crippen molar-refractivity contribution in [3.05, 3.63) is 0 Å². The summed E-state index contributed by atoms with van der Waals surface area (Å²) in [5.74, 6) is 1.73. The second-order valence-electron chi connectivity index (χ2n) is 3.89. The number of hydrogen-bond donors (Lipinski definition) is 0. The molecular weight excluding hydrogens is 152 g/mol. The van der Waals surface area contributed by atoms with E-state index in [1.165, 1.54) is 25.7 Å². The lowest BCUT2D eigenvalue weighted by Crippen LogP contribution is -2.08. The molecule has 68 valence electrons. The number of carbonyl (C=O) groups is 1. The van der Waals surface area contributed by atoms with Crippen LogP contribution in [0.1, 0.15) is 32.6 Å². The average Bonchev–Trinajstić information content (AvgIpc) is 2.78. The van der Waals surface area contributed by atoms with E-state index in [-0.39, 0.29) is 11.9 Å². The minimum atomic E-state index is 0.0643. The molecule has 0 aromatic carbocycles. The van der Waals surface area contributed by atoms with Crippen molar-refractivity contribution in [2.75, 3.05) is 6.61 Å². The smallest absolute Gasteiger partial charge is 0.309 e. The molecule has 2 aliphatic rings. The van der Waals surface area contributed by atoms with E-state index in [1.807, 2.05) is 6.92 Å². The highest BCUT2D eigenvalue weighted by atomic mass is 16.5. The molecular formula is C10H16O2.